The fraction of sp³-hybridized carbons (Fsp3) is 0.0513. The lowest BCUT2D eigenvalue weighted by Gasteiger charge is -2.28. The van der Waals surface area contributed by atoms with E-state index in [9.17, 15) is 0 Å². The van der Waals surface area contributed by atoms with Gasteiger partial charge in [-0.3, -0.25) is 0 Å². The molecule has 0 amide bonds. The van der Waals surface area contributed by atoms with Gasteiger partial charge in [0.1, 0.15) is 16.7 Å². The molecule has 1 aliphatic heterocycles. The number of hydrogen-bond acceptors (Lipinski definition) is 7. The average molecular weight is 601 g/mol. The normalized spacial score (nSPS) is 13.1. The second kappa shape index (κ2) is 10.5. The van der Waals surface area contributed by atoms with Crippen molar-refractivity contribution in [3.63, 3.8) is 0 Å². The molecule has 0 spiro atoms. The quantitative estimate of drug-likeness (QED) is 0.188. The second-order valence-electron chi connectivity index (χ2n) is 11.5. The summed E-state index contributed by atoms with van der Waals surface area (Å²) in [6.07, 6.45) is 5.93. The van der Waals surface area contributed by atoms with Crippen LogP contribution in [0, 0.1) is 0 Å². The number of nitrogens with zero attached hydrogens (tertiary/aromatic N) is 4. The Hall–Kier alpha value is -6.21. The molecule has 9 rings (SSSR count). The molecule has 4 heterocycles. The first-order valence-corrected chi connectivity index (χ1v) is 15.2. The lowest BCUT2D eigenvalue weighted by molar-refractivity contribution is 0.458. The van der Waals surface area contributed by atoms with Crippen molar-refractivity contribution in [2.45, 2.75) is 0 Å². The second-order valence-corrected chi connectivity index (χ2v) is 11.5. The summed E-state index contributed by atoms with van der Waals surface area (Å²) in [6, 6.07) is 40.9. The van der Waals surface area contributed by atoms with Gasteiger partial charge >= 0.3 is 0 Å². The van der Waals surface area contributed by atoms with Crippen LogP contribution >= 0.6 is 0 Å². The Labute approximate surface area is 264 Å². The van der Waals surface area contributed by atoms with E-state index in [1.165, 1.54) is 0 Å². The minimum Gasteiger partial charge on any atom is -0.456 e. The molecule has 7 heteroatoms. The number of para-hydroxylation sites is 3. The van der Waals surface area contributed by atoms with Crippen molar-refractivity contribution in [2.24, 2.45) is 0 Å². The maximum absolute atomic E-state index is 6.52. The zero-order chi connectivity index (χ0) is 30.6. The molecule has 1 aliphatic rings. The maximum atomic E-state index is 6.52. The van der Waals surface area contributed by atoms with Crippen LogP contribution in [-0.4, -0.2) is 23.6 Å². The number of anilines is 4. The Kier molecular flexibility index (Phi) is 5.96. The van der Waals surface area contributed by atoms with Crippen LogP contribution in [0.4, 0.5) is 22.7 Å². The SMILES string of the molecule is CN1C=CN(c2cc(N(c3ccccc3)c3cc(Oc4ccccn4)c4oc5ccccc5c4c3)cc3oc4ccccc4c23)C1. The Morgan fingerprint density at radius 3 is 2.17 bits per heavy atom. The fourth-order valence-corrected chi connectivity index (χ4v) is 6.39. The van der Waals surface area contributed by atoms with Gasteiger partial charge in [0.25, 0.3) is 0 Å². The lowest BCUT2D eigenvalue weighted by Crippen LogP contribution is -2.22. The molecule has 0 N–H and O–H groups in total. The molecule has 8 aromatic rings. The number of rotatable bonds is 6. The minimum atomic E-state index is 0.489. The summed E-state index contributed by atoms with van der Waals surface area (Å²) in [6.45, 7) is 0.735. The van der Waals surface area contributed by atoms with E-state index in [2.05, 4.69) is 99.8 Å². The van der Waals surface area contributed by atoms with Crippen LogP contribution in [0.5, 0.6) is 11.6 Å². The smallest absolute Gasteiger partial charge is 0.219 e. The number of aromatic nitrogens is 1. The first-order valence-electron chi connectivity index (χ1n) is 15.2. The van der Waals surface area contributed by atoms with Crippen LogP contribution in [-0.2, 0) is 0 Å². The summed E-state index contributed by atoms with van der Waals surface area (Å²) in [5.41, 5.74) is 7.06. The average Bonchev–Trinajstić information content (AvgIpc) is 3.81. The van der Waals surface area contributed by atoms with Gasteiger partial charge in [0.15, 0.2) is 11.3 Å². The fourth-order valence-electron chi connectivity index (χ4n) is 6.39. The van der Waals surface area contributed by atoms with Crippen molar-refractivity contribution in [1.82, 2.24) is 9.88 Å². The van der Waals surface area contributed by atoms with Crippen molar-refractivity contribution in [3.8, 4) is 11.6 Å². The van der Waals surface area contributed by atoms with Gasteiger partial charge < -0.3 is 28.3 Å². The molecule has 0 bridgehead atoms. The molecular weight excluding hydrogens is 572 g/mol. The third-order valence-corrected chi connectivity index (χ3v) is 8.44. The molecule has 7 nitrogen and oxygen atoms in total. The van der Waals surface area contributed by atoms with E-state index < -0.39 is 0 Å². The number of ether oxygens (including phenoxy) is 1. The zero-order valence-electron chi connectivity index (χ0n) is 25.0. The summed E-state index contributed by atoms with van der Waals surface area (Å²) in [4.78, 5) is 11.1. The Balaban J connectivity index is 1.32. The van der Waals surface area contributed by atoms with Crippen molar-refractivity contribution in [1.29, 1.82) is 0 Å². The van der Waals surface area contributed by atoms with Gasteiger partial charge in [0, 0.05) is 65.7 Å². The minimum absolute atomic E-state index is 0.489. The molecule has 222 valence electrons. The summed E-state index contributed by atoms with van der Waals surface area (Å²) in [5, 5.41) is 4.14. The standard InChI is InChI=1S/C39H28N4O3/c1-41-19-20-42(25-41)32-22-28(23-35-38(32)30-14-6-8-16-34(30)44-35)43(26-11-3-2-4-12-26)27-21-31-29-13-5-7-15-33(29)46-39(31)36(24-27)45-37-17-9-10-18-40-37/h2-24H,25H2,1H3. The van der Waals surface area contributed by atoms with Crippen molar-refractivity contribution in [3.05, 3.63) is 140 Å². The molecule has 3 aromatic heterocycles. The van der Waals surface area contributed by atoms with Gasteiger partial charge in [-0.15, -0.1) is 0 Å². The van der Waals surface area contributed by atoms with Gasteiger partial charge in [-0.1, -0.05) is 60.7 Å². The topological polar surface area (TPSA) is 58.1 Å². The van der Waals surface area contributed by atoms with Crippen LogP contribution in [0.1, 0.15) is 0 Å². The molecule has 0 unspecified atom stereocenters. The van der Waals surface area contributed by atoms with E-state index in [0.717, 1.165) is 67.7 Å². The van der Waals surface area contributed by atoms with Crippen LogP contribution in [0.3, 0.4) is 0 Å². The maximum Gasteiger partial charge on any atom is 0.219 e. The third kappa shape index (κ3) is 4.32. The van der Waals surface area contributed by atoms with E-state index in [-0.39, 0.29) is 0 Å². The first-order chi connectivity index (χ1) is 22.7. The van der Waals surface area contributed by atoms with Gasteiger partial charge in [0.05, 0.1) is 29.1 Å². The van der Waals surface area contributed by atoms with Gasteiger partial charge in [-0.2, -0.15) is 0 Å². The first kappa shape index (κ1) is 26.2. The summed E-state index contributed by atoms with van der Waals surface area (Å²) < 4.78 is 19.3. The van der Waals surface area contributed by atoms with E-state index in [1.807, 2.05) is 60.7 Å². The summed E-state index contributed by atoms with van der Waals surface area (Å²) in [5.74, 6) is 1.07. The van der Waals surface area contributed by atoms with Gasteiger partial charge in [0.2, 0.25) is 5.88 Å². The molecule has 46 heavy (non-hydrogen) atoms. The van der Waals surface area contributed by atoms with Gasteiger partial charge in [-0.25, -0.2) is 4.98 Å². The number of fused-ring (bicyclic) bond motifs is 6. The highest BCUT2D eigenvalue weighted by atomic mass is 16.5. The number of pyridine rings is 1. The van der Waals surface area contributed by atoms with E-state index in [1.54, 1.807) is 6.20 Å². The summed E-state index contributed by atoms with van der Waals surface area (Å²) in [7, 11) is 2.08. The highest BCUT2D eigenvalue weighted by molar-refractivity contribution is 6.14. The van der Waals surface area contributed by atoms with Crippen LogP contribution in [0.25, 0.3) is 43.9 Å². The number of hydrogen-bond donors (Lipinski definition) is 0. The van der Waals surface area contributed by atoms with Crippen molar-refractivity contribution >= 4 is 66.6 Å². The molecule has 5 aromatic carbocycles. The van der Waals surface area contributed by atoms with Crippen molar-refractivity contribution < 1.29 is 13.6 Å². The molecule has 0 atom stereocenters. The zero-order valence-corrected chi connectivity index (χ0v) is 25.0. The van der Waals surface area contributed by atoms with Crippen LogP contribution < -0.4 is 14.5 Å². The Bertz CT molecular complexity index is 2410. The summed E-state index contributed by atoms with van der Waals surface area (Å²) >= 11 is 0. The highest BCUT2D eigenvalue weighted by Gasteiger charge is 2.24. The largest absolute Gasteiger partial charge is 0.456 e. The molecule has 0 fully saturated rings. The van der Waals surface area contributed by atoms with E-state index >= 15 is 0 Å². The van der Waals surface area contributed by atoms with Crippen LogP contribution in [0.15, 0.2) is 149 Å². The van der Waals surface area contributed by atoms with Crippen molar-refractivity contribution in [2.75, 3.05) is 23.5 Å². The monoisotopic (exact) mass is 600 g/mol. The van der Waals surface area contributed by atoms with E-state index in [4.69, 9.17) is 13.6 Å². The molecule has 0 saturated carbocycles. The van der Waals surface area contributed by atoms with Gasteiger partial charge in [-0.05, 0) is 42.5 Å². The third-order valence-electron chi connectivity index (χ3n) is 8.44. The molecular formula is C39H28N4O3. The lowest BCUT2D eigenvalue weighted by atomic mass is 10.1. The molecule has 0 saturated heterocycles. The highest BCUT2D eigenvalue weighted by Crippen LogP contribution is 2.47. The number of furan rings is 2. The Morgan fingerprint density at radius 2 is 1.39 bits per heavy atom. The van der Waals surface area contributed by atoms with E-state index in [0.29, 0.717) is 17.2 Å². The predicted molar refractivity (Wildman–Crippen MR) is 184 cm³/mol. The molecule has 0 aliphatic carbocycles. The Morgan fingerprint density at radius 1 is 0.652 bits per heavy atom. The number of benzene rings is 5. The molecule has 0 radical (unpaired) electrons. The van der Waals surface area contributed by atoms with Crippen LogP contribution in [0.2, 0.25) is 0 Å². The predicted octanol–water partition coefficient (Wildman–Crippen LogP) is 10.3.